The van der Waals surface area contributed by atoms with E-state index in [9.17, 15) is 4.79 Å². The molecule has 0 aromatic heterocycles. The number of hydrogen-bond acceptors (Lipinski definition) is 4. The number of hydrogen-bond donors (Lipinski definition) is 1. The molecule has 1 aromatic carbocycles. The van der Waals surface area contributed by atoms with Crippen molar-refractivity contribution in [3.05, 3.63) is 22.2 Å². The third-order valence-corrected chi connectivity index (χ3v) is 3.63. The second-order valence-electron chi connectivity index (χ2n) is 4.57. The van der Waals surface area contributed by atoms with Crippen LogP contribution >= 0.6 is 15.9 Å². The van der Waals surface area contributed by atoms with Crippen molar-refractivity contribution in [3.63, 3.8) is 0 Å². The third-order valence-electron chi connectivity index (χ3n) is 3.04. The zero-order valence-corrected chi connectivity index (χ0v) is 14.4. The lowest BCUT2D eigenvalue weighted by atomic mass is 10.1. The summed E-state index contributed by atoms with van der Waals surface area (Å²) in [5, 5.41) is 0. The number of likely N-dealkylation sites (N-methyl/N-ethyl adjacent to an activating group) is 1. The average Bonchev–Trinajstić information content (AvgIpc) is 2.46. The van der Waals surface area contributed by atoms with Crippen LogP contribution in [0.5, 0.6) is 11.5 Å². The summed E-state index contributed by atoms with van der Waals surface area (Å²) in [6.45, 7) is 5.55. The van der Waals surface area contributed by atoms with Gasteiger partial charge in [-0.25, -0.2) is 0 Å². The van der Waals surface area contributed by atoms with Crippen LogP contribution in [0.15, 0.2) is 16.6 Å². The van der Waals surface area contributed by atoms with Gasteiger partial charge in [-0.1, -0.05) is 0 Å². The fraction of sp³-hybridized carbons (Fsp3) is 0.533. The second-order valence-corrected chi connectivity index (χ2v) is 5.43. The molecule has 0 radical (unpaired) electrons. The lowest BCUT2D eigenvalue weighted by molar-refractivity contribution is -0.131. The maximum Gasteiger partial charge on any atom is 0.260 e. The number of carbonyl (C=O) groups excluding carboxylic acids is 1. The van der Waals surface area contributed by atoms with Gasteiger partial charge in [0.1, 0.15) is 0 Å². The van der Waals surface area contributed by atoms with Gasteiger partial charge in [0, 0.05) is 13.6 Å². The molecule has 0 unspecified atom stereocenters. The van der Waals surface area contributed by atoms with Crippen molar-refractivity contribution in [3.8, 4) is 11.5 Å². The van der Waals surface area contributed by atoms with Crippen molar-refractivity contribution in [1.82, 2.24) is 4.90 Å². The first-order chi connectivity index (χ1) is 10.0. The molecule has 0 aliphatic rings. The first-order valence-corrected chi connectivity index (χ1v) is 7.84. The number of amides is 1. The minimum Gasteiger partial charge on any atom is -0.490 e. The molecule has 5 nitrogen and oxygen atoms in total. The summed E-state index contributed by atoms with van der Waals surface area (Å²) in [7, 11) is 1.74. The summed E-state index contributed by atoms with van der Waals surface area (Å²) in [5.41, 5.74) is 6.65. The molecule has 1 amide bonds. The first-order valence-electron chi connectivity index (χ1n) is 7.05. The van der Waals surface area contributed by atoms with Gasteiger partial charge in [-0.15, -0.1) is 0 Å². The number of benzene rings is 1. The van der Waals surface area contributed by atoms with E-state index < -0.39 is 0 Å². The Balaban J connectivity index is 2.91. The number of ether oxygens (including phenoxy) is 2. The predicted molar refractivity (Wildman–Crippen MR) is 86.9 cm³/mol. The Morgan fingerprint density at radius 1 is 1.33 bits per heavy atom. The van der Waals surface area contributed by atoms with Gasteiger partial charge in [0.15, 0.2) is 18.1 Å². The Bertz CT molecular complexity index is 480. The van der Waals surface area contributed by atoms with Gasteiger partial charge in [-0.3, -0.25) is 4.79 Å². The number of nitrogens with two attached hydrogens (primary N) is 1. The molecular weight excluding hydrogens is 336 g/mol. The second kappa shape index (κ2) is 8.89. The van der Waals surface area contributed by atoms with E-state index in [1.54, 1.807) is 11.9 Å². The minimum atomic E-state index is -0.0714. The van der Waals surface area contributed by atoms with Crippen LogP contribution in [-0.2, 0) is 11.2 Å². The molecule has 0 bridgehead atoms. The van der Waals surface area contributed by atoms with Crippen LogP contribution in [-0.4, -0.2) is 44.2 Å². The van der Waals surface area contributed by atoms with Crippen LogP contribution in [0, 0.1) is 0 Å². The number of halogens is 1. The molecule has 0 spiro atoms. The lowest BCUT2D eigenvalue weighted by Gasteiger charge is -2.18. The summed E-state index contributed by atoms with van der Waals surface area (Å²) in [4.78, 5) is 13.4. The summed E-state index contributed by atoms with van der Waals surface area (Å²) < 4.78 is 12.0. The van der Waals surface area contributed by atoms with Gasteiger partial charge in [-0.2, -0.15) is 0 Å². The molecule has 118 valence electrons. The van der Waals surface area contributed by atoms with Crippen molar-refractivity contribution in [2.45, 2.75) is 20.3 Å². The summed E-state index contributed by atoms with van der Waals surface area (Å²) in [6, 6.07) is 3.85. The molecule has 0 saturated carbocycles. The Morgan fingerprint density at radius 3 is 2.62 bits per heavy atom. The predicted octanol–water partition coefficient (Wildman–Crippen LogP) is 2.21. The molecule has 0 heterocycles. The molecule has 0 aliphatic heterocycles. The van der Waals surface area contributed by atoms with E-state index in [2.05, 4.69) is 15.9 Å². The van der Waals surface area contributed by atoms with Gasteiger partial charge >= 0.3 is 0 Å². The molecule has 1 rings (SSSR count). The normalized spacial score (nSPS) is 10.3. The summed E-state index contributed by atoms with van der Waals surface area (Å²) in [6.07, 6.45) is 0.760. The van der Waals surface area contributed by atoms with Crippen molar-refractivity contribution >= 4 is 21.8 Å². The highest BCUT2D eigenvalue weighted by Crippen LogP contribution is 2.37. The summed E-state index contributed by atoms with van der Waals surface area (Å²) >= 11 is 3.47. The summed E-state index contributed by atoms with van der Waals surface area (Å²) in [5.74, 6) is 1.11. The SMILES string of the molecule is CCOc1cc(CCN)cc(Br)c1OCC(=O)N(C)CC. The first kappa shape index (κ1) is 17.8. The molecule has 0 saturated heterocycles. The van der Waals surface area contributed by atoms with Crippen LogP contribution in [0.1, 0.15) is 19.4 Å². The Kier molecular flexibility index (Phi) is 7.53. The van der Waals surface area contributed by atoms with Gasteiger partial charge in [0.05, 0.1) is 11.1 Å². The van der Waals surface area contributed by atoms with E-state index in [1.807, 2.05) is 26.0 Å². The number of rotatable bonds is 8. The molecular formula is C15H23BrN2O3. The largest absolute Gasteiger partial charge is 0.490 e. The highest BCUT2D eigenvalue weighted by Gasteiger charge is 2.15. The molecule has 2 N–H and O–H groups in total. The lowest BCUT2D eigenvalue weighted by Crippen LogP contribution is -2.31. The molecule has 1 aromatic rings. The van der Waals surface area contributed by atoms with Crippen LogP contribution in [0.25, 0.3) is 0 Å². The zero-order chi connectivity index (χ0) is 15.8. The quantitative estimate of drug-likeness (QED) is 0.773. The zero-order valence-electron chi connectivity index (χ0n) is 12.8. The fourth-order valence-electron chi connectivity index (χ4n) is 1.76. The standard InChI is InChI=1S/C15H23BrN2O3/c1-4-18(3)14(19)10-21-15-12(16)8-11(6-7-17)9-13(15)20-5-2/h8-9H,4-7,10,17H2,1-3H3. The van der Waals surface area contributed by atoms with E-state index in [1.165, 1.54) is 0 Å². The smallest absolute Gasteiger partial charge is 0.260 e. The van der Waals surface area contributed by atoms with E-state index >= 15 is 0 Å². The van der Waals surface area contributed by atoms with Crippen LogP contribution in [0.4, 0.5) is 0 Å². The van der Waals surface area contributed by atoms with Crippen LogP contribution in [0.3, 0.4) is 0 Å². The molecule has 0 atom stereocenters. The molecule has 0 fully saturated rings. The average molecular weight is 359 g/mol. The number of nitrogens with zero attached hydrogens (tertiary/aromatic N) is 1. The fourth-order valence-corrected chi connectivity index (χ4v) is 2.36. The molecule has 0 aliphatic carbocycles. The van der Waals surface area contributed by atoms with E-state index in [0.717, 1.165) is 16.5 Å². The maximum absolute atomic E-state index is 11.8. The van der Waals surface area contributed by atoms with Crippen molar-refractivity contribution in [2.24, 2.45) is 5.73 Å². The Morgan fingerprint density at radius 2 is 2.05 bits per heavy atom. The molecule has 6 heteroatoms. The highest BCUT2D eigenvalue weighted by atomic mass is 79.9. The van der Waals surface area contributed by atoms with Crippen LogP contribution < -0.4 is 15.2 Å². The van der Waals surface area contributed by atoms with Gasteiger partial charge < -0.3 is 20.1 Å². The third kappa shape index (κ3) is 5.21. The van der Waals surface area contributed by atoms with Crippen LogP contribution in [0.2, 0.25) is 0 Å². The topological polar surface area (TPSA) is 64.8 Å². The molecule has 21 heavy (non-hydrogen) atoms. The van der Waals surface area contributed by atoms with E-state index in [-0.39, 0.29) is 12.5 Å². The Labute approximate surface area is 134 Å². The highest BCUT2D eigenvalue weighted by molar-refractivity contribution is 9.10. The van der Waals surface area contributed by atoms with Gasteiger partial charge in [0.2, 0.25) is 0 Å². The van der Waals surface area contributed by atoms with E-state index in [4.69, 9.17) is 15.2 Å². The van der Waals surface area contributed by atoms with Gasteiger partial charge in [0.25, 0.3) is 5.91 Å². The van der Waals surface area contributed by atoms with Crippen molar-refractivity contribution in [2.75, 3.05) is 33.4 Å². The van der Waals surface area contributed by atoms with Crippen molar-refractivity contribution in [1.29, 1.82) is 0 Å². The van der Waals surface area contributed by atoms with Crippen molar-refractivity contribution < 1.29 is 14.3 Å². The van der Waals surface area contributed by atoms with Gasteiger partial charge in [-0.05, 0) is 60.4 Å². The minimum absolute atomic E-state index is 0.0146. The van der Waals surface area contributed by atoms with E-state index in [0.29, 0.717) is 31.2 Å². The maximum atomic E-state index is 11.8. The monoisotopic (exact) mass is 358 g/mol. The number of carbonyl (C=O) groups is 1. The Hall–Kier alpha value is -1.27.